The second kappa shape index (κ2) is 12.4. The molecule has 1 nitrogen and oxygen atoms in total. The molecular weight excluding hydrogens is 576 g/mol. The Balaban J connectivity index is 1.34. The van der Waals surface area contributed by atoms with Crippen LogP contribution < -0.4 is 4.74 Å². The highest BCUT2D eigenvalue weighted by atomic mass is 19.3. The van der Waals surface area contributed by atoms with Crippen LogP contribution in [0.2, 0.25) is 0 Å². The van der Waals surface area contributed by atoms with E-state index in [1.54, 1.807) is 6.07 Å². The summed E-state index contributed by atoms with van der Waals surface area (Å²) in [6, 6.07) is 13.1. The minimum atomic E-state index is -4.74. The molecule has 4 aromatic carbocycles. The molecule has 1 aliphatic carbocycles. The molecule has 1 fully saturated rings. The fourth-order valence-electron chi connectivity index (χ4n) is 5.87. The molecule has 9 heteroatoms. The molecule has 1 aliphatic rings. The maximum atomic E-state index is 15.2. The van der Waals surface area contributed by atoms with Gasteiger partial charge in [0.2, 0.25) is 0 Å². The predicted molar refractivity (Wildman–Crippen MR) is 148 cm³/mol. The van der Waals surface area contributed by atoms with Gasteiger partial charge in [-0.05, 0) is 78.0 Å². The van der Waals surface area contributed by atoms with E-state index in [0.717, 1.165) is 24.3 Å². The van der Waals surface area contributed by atoms with E-state index in [9.17, 15) is 30.7 Å². The van der Waals surface area contributed by atoms with Gasteiger partial charge in [-0.15, -0.1) is 0 Å². The van der Waals surface area contributed by atoms with Gasteiger partial charge in [0.15, 0.2) is 17.5 Å². The lowest BCUT2D eigenvalue weighted by molar-refractivity contribution is -0.189. The molecule has 0 saturated heterocycles. The zero-order chi connectivity index (χ0) is 30.9. The van der Waals surface area contributed by atoms with Crippen molar-refractivity contribution >= 4 is 0 Å². The van der Waals surface area contributed by atoms with Gasteiger partial charge in [-0.25, -0.2) is 26.3 Å². The highest BCUT2D eigenvalue weighted by Gasteiger charge is 2.41. The molecular formula is C34H28F8O. The van der Waals surface area contributed by atoms with Crippen molar-refractivity contribution in [2.75, 3.05) is 0 Å². The second-order valence-electron chi connectivity index (χ2n) is 11.0. The van der Waals surface area contributed by atoms with Gasteiger partial charge in [-0.2, -0.15) is 8.78 Å². The molecule has 0 radical (unpaired) electrons. The van der Waals surface area contributed by atoms with Gasteiger partial charge in [0.1, 0.15) is 28.8 Å². The lowest BCUT2D eigenvalue weighted by Crippen LogP contribution is -2.25. The molecule has 0 spiro atoms. The van der Waals surface area contributed by atoms with Gasteiger partial charge in [0, 0.05) is 17.7 Å². The van der Waals surface area contributed by atoms with Crippen molar-refractivity contribution in [2.45, 2.75) is 57.5 Å². The van der Waals surface area contributed by atoms with Crippen LogP contribution in [0.1, 0.15) is 62.5 Å². The Kier molecular flexibility index (Phi) is 8.81. The third-order valence-electron chi connectivity index (χ3n) is 8.08. The van der Waals surface area contributed by atoms with Crippen molar-refractivity contribution in [3.8, 4) is 28.0 Å². The summed E-state index contributed by atoms with van der Waals surface area (Å²) < 4.78 is 118. The number of hydrogen-bond donors (Lipinski definition) is 0. The molecule has 43 heavy (non-hydrogen) atoms. The first-order valence-corrected chi connectivity index (χ1v) is 14.1. The van der Waals surface area contributed by atoms with Crippen LogP contribution in [0.4, 0.5) is 35.1 Å². The first-order chi connectivity index (χ1) is 20.5. The number of alkyl halides is 2. The van der Waals surface area contributed by atoms with Crippen LogP contribution in [0.5, 0.6) is 5.75 Å². The first kappa shape index (κ1) is 30.6. The molecule has 1 saturated carbocycles. The van der Waals surface area contributed by atoms with Gasteiger partial charge in [0.05, 0.1) is 0 Å². The lowest BCUT2D eigenvalue weighted by atomic mass is 9.77. The fourth-order valence-corrected chi connectivity index (χ4v) is 5.87. The maximum absolute atomic E-state index is 15.2. The van der Waals surface area contributed by atoms with Crippen molar-refractivity contribution in [1.29, 1.82) is 0 Å². The summed E-state index contributed by atoms with van der Waals surface area (Å²) >= 11 is 0. The van der Waals surface area contributed by atoms with Crippen LogP contribution in [-0.4, -0.2) is 0 Å². The minimum Gasteiger partial charge on any atom is -0.429 e. The SMILES string of the molecule is CCCC1CCC(c2ccc(-c3ccc(-c4cc(F)c(C(F)(F)Oc5cc(F)c(F)c(F)c5)c(F)c4)c(F)c3)cc2)CC1. The monoisotopic (exact) mass is 604 g/mol. The van der Waals surface area contributed by atoms with Crippen molar-refractivity contribution < 1.29 is 39.9 Å². The molecule has 0 aromatic heterocycles. The lowest BCUT2D eigenvalue weighted by Gasteiger charge is -2.28. The van der Waals surface area contributed by atoms with Crippen LogP contribution in [0, 0.1) is 40.8 Å². The summed E-state index contributed by atoms with van der Waals surface area (Å²) in [5.41, 5.74) is 0.0457. The zero-order valence-electron chi connectivity index (χ0n) is 23.2. The van der Waals surface area contributed by atoms with E-state index in [1.165, 1.54) is 43.4 Å². The Hall–Kier alpha value is -3.88. The Bertz CT molecular complexity index is 1560. The molecule has 0 amide bonds. The van der Waals surface area contributed by atoms with Gasteiger partial charge < -0.3 is 4.74 Å². The van der Waals surface area contributed by atoms with E-state index < -0.39 is 52.3 Å². The Labute approximate surface area is 244 Å². The van der Waals surface area contributed by atoms with Crippen LogP contribution in [0.15, 0.2) is 66.7 Å². The topological polar surface area (TPSA) is 9.23 Å². The Morgan fingerprint density at radius 2 is 1.21 bits per heavy atom. The molecule has 0 N–H and O–H groups in total. The third-order valence-corrected chi connectivity index (χ3v) is 8.08. The quantitative estimate of drug-likeness (QED) is 0.144. The summed E-state index contributed by atoms with van der Waals surface area (Å²) in [5, 5.41) is 0. The first-order valence-electron chi connectivity index (χ1n) is 14.1. The molecule has 0 unspecified atom stereocenters. The van der Waals surface area contributed by atoms with E-state index in [1.807, 2.05) is 24.3 Å². The number of hydrogen-bond acceptors (Lipinski definition) is 1. The molecule has 0 bridgehead atoms. The fraction of sp³-hybridized carbons (Fsp3) is 0.294. The van der Waals surface area contributed by atoms with Crippen molar-refractivity contribution in [3.05, 3.63) is 113 Å². The van der Waals surface area contributed by atoms with Gasteiger partial charge >= 0.3 is 6.11 Å². The zero-order valence-corrected chi connectivity index (χ0v) is 23.2. The summed E-state index contributed by atoms with van der Waals surface area (Å²) in [6.45, 7) is 2.21. The van der Waals surface area contributed by atoms with Crippen LogP contribution in [0.25, 0.3) is 22.3 Å². The Morgan fingerprint density at radius 1 is 0.651 bits per heavy atom. The van der Waals surface area contributed by atoms with Crippen LogP contribution >= 0.6 is 0 Å². The number of benzene rings is 4. The number of ether oxygens (including phenoxy) is 1. The standard InChI is InChI=1S/C34H28F8O/c1-2-3-19-4-6-20(7-5-19)21-8-10-22(11-9-21)23-12-13-26(27(35)14-23)24-15-28(36)32(29(37)16-24)34(41,42)43-25-17-30(38)33(40)31(39)18-25/h8-20H,2-7H2,1H3. The van der Waals surface area contributed by atoms with Crippen molar-refractivity contribution in [1.82, 2.24) is 0 Å². The summed E-state index contributed by atoms with van der Waals surface area (Å²) in [4.78, 5) is 0. The molecule has 0 atom stereocenters. The maximum Gasteiger partial charge on any atom is 0.432 e. The average Bonchev–Trinajstić information content (AvgIpc) is 2.95. The van der Waals surface area contributed by atoms with E-state index in [0.29, 0.717) is 23.6 Å². The van der Waals surface area contributed by atoms with Crippen molar-refractivity contribution in [2.24, 2.45) is 5.92 Å². The van der Waals surface area contributed by atoms with Crippen LogP contribution in [-0.2, 0) is 6.11 Å². The normalized spacial score (nSPS) is 17.2. The number of halogens is 8. The predicted octanol–water partition coefficient (Wildman–Crippen LogP) is 11.1. The Morgan fingerprint density at radius 3 is 1.77 bits per heavy atom. The molecule has 0 heterocycles. The molecule has 4 aromatic rings. The summed E-state index contributed by atoms with van der Waals surface area (Å²) in [7, 11) is 0. The highest BCUT2D eigenvalue weighted by molar-refractivity contribution is 5.71. The number of rotatable bonds is 8. The average molecular weight is 605 g/mol. The second-order valence-corrected chi connectivity index (χ2v) is 11.0. The summed E-state index contributed by atoms with van der Waals surface area (Å²) in [5.74, 6) is -9.91. The van der Waals surface area contributed by atoms with E-state index in [-0.39, 0.29) is 23.3 Å². The third kappa shape index (κ3) is 6.55. The molecule has 5 rings (SSSR count). The van der Waals surface area contributed by atoms with Gasteiger partial charge in [-0.1, -0.05) is 56.2 Å². The van der Waals surface area contributed by atoms with Crippen LogP contribution in [0.3, 0.4) is 0 Å². The largest absolute Gasteiger partial charge is 0.432 e. The van der Waals surface area contributed by atoms with Gasteiger partial charge in [0.25, 0.3) is 0 Å². The molecule has 226 valence electrons. The highest BCUT2D eigenvalue weighted by Crippen LogP contribution is 2.40. The smallest absolute Gasteiger partial charge is 0.429 e. The van der Waals surface area contributed by atoms with Gasteiger partial charge in [-0.3, -0.25) is 0 Å². The van der Waals surface area contributed by atoms with E-state index in [2.05, 4.69) is 11.7 Å². The molecule has 0 aliphatic heterocycles. The van der Waals surface area contributed by atoms with E-state index >= 15 is 4.39 Å². The van der Waals surface area contributed by atoms with Crippen molar-refractivity contribution in [3.63, 3.8) is 0 Å². The van der Waals surface area contributed by atoms with E-state index in [4.69, 9.17) is 0 Å². The summed E-state index contributed by atoms with van der Waals surface area (Å²) in [6.07, 6.45) is 2.43. The minimum absolute atomic E-state index is 0.111.